The molecule has 0 fully saturated rings. The highest BCUT2D eigenvalue weighted by Crippen LogP contribution is 2.46. The molecule has 30 heavy (non-hydrogen) atoms. The Morgan fingerprint density at radius 2 is 1.97 bits per heavy atom. The first-order valence-electron chi connectivity index (χ1n) is 9.62. The molecule has 0 aliphatic carbocycles. The van der Waals surface area contributed by atoms with Gasteiger partial charge in [-0.25, -0.2) is 4.68 Å². The van der Waals surface area contributed by atoms with Gasteiger partial charge < -0.3 is 19.9 Å². The number of hydrogen-bond donors (Lipinski definition) is 1. The molecule has 2 aromatic carbocycles. The van der Waals surface area contributed by atoms with Gasteiger partial charge in [0.2, 0.25) is 11.8 Å². The van der Waals surface area contributed by atoms with Gasteiger partial charge in [-0.15, -0.1) is 0 Å². The van der Waals surface area contributed by atoms with Crippen LogP contribution in [-0.4, -0.2) is 23.5 Å². The number of methoxy groups -OCH3 is 1. The highest BCUT2D eigenvalue weighted by atomic mass is 16.5. The summed E-state index contributed by atoms with van der Waals surface area (Å²) in [5.74, 6) is 1.38. The Balaban J connectivity index is 1.91. The zero-order valence-electron chi connectivity index (χ0n) is 17.0. The molecule has 1 aliphatic heterocycles. The van der Waals surface area contributed by atoms with E-state index in [0.717, 1.165) is 22.5 Å². The van der Waals surface area contributed by atoms with Gasteiger partial charge in [-0.2, -0.15) is 10.4 Å². The summed E-state index contributed by atoms with van der Waals surface area (Å²) in [6.07, 6.45) is 0. The lowest BCUT2D eigenvalue weighted by molar-refractivity contribution is 0.310. The number of fused-ring (bicyclic) bond motifs is 1. The van der Waals surface area contributed by atoms with E-state index < -0.39 is 5.92 Å². The smallest absolute Gasteiger partial charge is 0.229 e. The summed E-state index contributed by atoms with van der Waals surface area (Å²) < 4.78 is 18.7. The fourth-order valence-corrected chi connectivity index (χ4v) is 3.73. The molecule has 1 aliphatic rings. The predicted molar refractivity (Wildman–Crippen MR) is 112 cm³/mol. The normalized spacial score (nSPS) is 15.2. The monoisotopic (exact) mass is 402 g/mol. The number of aryl methyl sites for hydroxylation is 1. The van der Waals surface area contributed by atoms with E-state index in [1.54, 1.807) is 11.8 Å². The maximum Gasteiger partial charge on any atom is 0.229 e. The molecular formula is C23H22N4O3. The van der Waals surface area contributed by atoms with Crippen molar-refractivity contribution in [2.75, 3.05) is 13.7 Å². The van der Waals surface area contributed by atoms with E-state index >= 15 is 0 Å². The number of nitrogens with two attached hydrogens (primary N) is 1. The quantitative estimate of drug-likeness (QED) is 0.697. The fourth-order valence-electron chi connectivity index (χ4n) is 3.73. The van der Waals surface area contributed by atoms with Gasteiger partial charge in [0.05, 0.1) is 36.6 Å². The highest BCUT2D eigenvalue weighted by Gasteiger charge is 2.36. The number of rotatable bonds is 5. The summed E-state index contributed by atoms with van der Waals surface area (Å²) in [5, 5.41) is 14.5. The van der Waals surface area contributed by atoms with Crippen LogP contribution in [0.5, 0.6) is 17.4 Å². The van der Waals surface area contributed by atoms with E-state index in [2.05, 4.69) is 11.2 Å². The highest BCUT2D eigenvalue weighted by molar-refractivity contribution is 5.59. The average molecular weight is 402 g/mol. The molecule has 0 saturated heterocycles. The summed E-state index contributed by atoms with van der Waals surface area (Å²) in [6, 6.07) is 17.5. The number of benzene rings is 2. The second-order valence-electron chi connectivity index (χ2n) is 6.82. The van der Waals surface area contributed by atoms with Crippen LogP contribution < -0.4 is 19.9 Å². The Kier molecular flexibility index (Phi) is 5.07. The number of aromatic nitrogens is 2. The first kappa shape index (κ1) is 19.4. The van der Waals surface area contributed by atoms with Gasteiger partial charge >= 0.3 is 0 Å². The summed E-state index contributed by atoms with van der Waals surface area (Å²) in [6.45, 7) is 4.34. The third kappa shape index (κ3) is 3.12. The lowest BCUT2D eigenvalue weighted by Crippen LogP contribution is -2.22. The number of ether oxygens (including phenoxy) is 3. The molecule has 7 heteroatoms. The van der Waals surface area contributed by atoms with E-state index in [1.165, 1.54) is 0 Å². The van der Waals surface area contributed by atoms with Crippen molar-refractivity contribution in [1.82, 2.24) is 9.78 Å². The number of hydrogen-bond acceptors (Lipinski definition) is 6. The zero-order chi connectivity index (χ0) is 21.3. The Hall–Kier alpha value is -3.92. The third-order valence-electron chi connectivity index (χ3n) is 5.05. The Morgan fingerprint density at radius 3 is 2.63 bits per heavy atom. The van der Waals surface area contributed by atoms with E-state index in [9.17, 15) is 5.26 Å². The van der Waals surface area contributed by atoms with Crippen LogP contribution in [0.25, 0.3) is 5.69 Å². The molecule has 0 unspecified atom stereocenters. The minimum atomic E-state index is -0.430. The van der Waals surface area contributed by atoms with Crippen molar-refractivity contribution < 1.29 is 14.2 Å². The Morgan fingerprint density at radius 1 is 1.20 bits per heavy atom. The van der Waals surface area contributed by atoms with Crippen LogP contribution >= 0.6 is 0 Å². The van der Waals surface area contributed by atoms with E-state index in [1.807, 2.05) is 62.4 Å². The summed E-state index contributed by atoms with van der Waals surface area (Å²) in [4.78, 5) is 0. The molecule has 2 heterocycles. The first-order valence-corrected chi connectivity index (χ1v) is 9.62. The van der Waals surface area contributed by atoms with E-state index in [0.29, 0.717) is 29.6 Å². The zero-order valence-corrected chi connectivity index (χ0v) is 17.0. The van der Waals surface area contributed by atoms with Crippen molar-refractivity contribution in [3.63, 3.8) is 0 Å². The van der Waals surface area contributed by atoms with Crippen molar-refractivity contribution in [2.45, 2.75) is 19.8 Å². The SMILES string of the molecule is CCOc1ccc([C@H]2C(C#N)=C(N)Oc3c2c(C)nn3-c2ccccc2)cc1OC. The lowest BCUT2D eigenvalue weighted by Gasteiger charge is -2.25. The lowest BCUT2D eigenvalue weighted by atomic mass is 9.84. The molecule has 0 amide bonds. The Bertz CT molecular complexity index is 1160. The van der Waals surface area contributed by atoms with Gasteiger partial charge in [-0.3, -0.25) is 0 Å². The number of nitriles is 1. The second-order valence-corrected chi connectivity index (χ2v) is 6.82. The standard InChI is InChI=1S/C23H22N4O3/c1-4-29-18-11-10-15(12-19(18)28-3)21-17(13-24)22(25)30-23-20(21)14(2)26-27(23)16-8-6-5-7-9-16/h5-12,21H,4,25H2,1-3H3/t21-/m0/s1. The molecule has 2 N–H and O–H groups in total. The van der Waals surface area contributed by atoms with E-state index in [4.69, 9.17) is 19.9 Å². The average Bonchev–Trinajstić information content (AvgIpc) is 3.09. The maximum atomic E-state index is 9.85. The molecule has 0 radical (unpaired) electrons. The van der Waals surface area contributed by atoms with Crippen LogP contribution in [0.1, 0.15) is 29.7 Å². The number of para-hydroxylation sites is 1. The summed E-state index contributed by atoms with van der Waals surface area (Å²) in [7, 11) is 1.59. The van der Waals surface area contributed by atoms with Crippen molar-refractivity contribution in [3.05, 3.63) is 76.8 Å². The minimum absolute atomic E-state index is 0.0694. The van der Waals surface area contributed by atoms with Gasteiger partial charge in [0.25, 0.3) is 0 Å². The summed E-state index contributed by atoms with van der Waals surface area (Å²) >= 11 is 0. The molecule has 1 atom stereocenters. The molecule has 0 spiro atoms. The van der Waals surface area contributed by atoms with Crippen LogP contribution in [0, 0.1) is 18.3 Å². The number of nitrogens with zero attached hydrogens (tertiary/aromatic N) is 3. The molecule has 7 nitrogen and oxygen atoms in total. The molecule has 4 rings (SSSR count). The van der Waals surface area contributed by atoms with Gasteiger partial charge in [0, 0.05) is 0 Å². The first-order chi connectivity index (χ1) is 14.6. The van der Waals surface area contributed by atoms with Gasteiger partial charge in [0.15, 0.2) is 11.5 Å². The molecule has 0 bridgehead atoms. The van der Waals surface area contributed by atoms with Crippen molar-refractivity contribution in [1.29, 1.82) is 5.26 Å². The van der Waals surface area contributed by atoms with Crippen LogP contribution in [0.4, 0.5) is 0 Å². The minimum Gasteiger partial charge on any atom is -0.493 e. The predicted octanol–water partition coefficient (Wildman–Crippen LogP) is 3.81. The van der Waals surface area contributed by atoms with Gasteiger partial charge in [-0.05, 0) is 43.7 Å². The van der Waals surface area contributed by atoms with Gasteiger partial charge in [-0.1, -0.05) is 24.3 Å². The topological polar surface area (TPSA) is 95.3 Å². The Labute approximate surface area is 174 Å². The molecule has 152 valence electrons. The molecule has 1 aromatic heterocycles. The number of allylic oxidation sites excluding steroid dienone is 1. The van der Waals surface area contributed by atoms with Crippen molar-refractivity contribution in [3.8, 4) is 29.1 Å². The molecular weight excluding hydrogens is 380 g/mol. The largest absolute Gasteiger partial charge is 0.493 e. The summed E-state index contributed by atoms with van der Waals surface area (Å²) in [5.41, 5.74) is 9.76. The van der Waals surface area contributed by atoms with E-state index in [-0.39, 0.29) is 5.88 Å². The maximum absolute atomic E-state index is 9.85. The third-order valence-corrected chi connectivity index (χ3v) is 5.05. The van der Waals surface area contributed by atoms with Gasteiger partial charge in [0.1, 0.15) is 11.6 Å². The van der Waals surface area contributed by atoms with Crippen LogP contribution in [0.15, 0.2) is 60.0 Å². The van der Waals surface area contributed by atoms with Crippen molar-refractivity contribution in [2.24, 2.45) is 5.73 Å². The molecule has 0 saturated carbocycles. The van der Waals surface area contributed by atoms with Crippen LogP contribution in [-0.2, 0) is 0 Å². The van der Waals surface area contributed by atoms with Crippen LogP contribution in [0.3, 0.4) is 0 Å². The second kappa shape index (κ2) is 7.84. The van der Waals surface area contributed by atoms with Crippen molar-refractivity contribution >= 4 is 0 Å². The molecule has 3 aromatic rings. The fraction of sp³-hybridized carbons (Fsp3) is 0.217. The van der Waals surface area contributed by atoms with Crippen LogP contribution in [0.2, 0.25) is 0 Å².